The van der Waals surface area contributed by atoms with Gasteiger partial charge >= 0.3 is 35.8 Å². The highest BCUT2D eigenvalue weighted by atomic mass is 35.5. The number of thiazole rings is 6. The second-order valence-electron chi connectivity index (χ2n) is 26.6. The van der Waals surface area contributed by atoms with E-state index in [1.807, 2.05) is 207 Å². The molecule has 0 aliphatic rings. The predicted octanol–water partition coefficient (Wildman–Crippen LogP) is 26.7. The number of hydrogen-bond acceptors (Lipinski definition) is 24. The van der Waals surface area contributed by atoms with E-state index in [0.29, 0.717) is 61.3 Å². The molecule has 12 aromatic carbocycles. The molecular weight excluding hydrogens is 1730 g/mol. The largest absolute Gasteiger partial charge is 0.423 e. The zero-order valence-corrected chi connectivity index (χ0v) is 73.2. The van der Waals surface area contributed by atoms with Crippen LogP contribution in [0.5, 0.6) is 34.5 Å². The number of carbonyl (C=O) groups is 6. The van der Waals surface area contributed by atoms with Crippen LogP contribution in [0, 0.1) is 6.92 Å². The zero-order valence-electron chi connectivity index (χ0n) is 66.8. The minimum Gasteiger partial charge on any atom is -0.423 e. The molecule has 26 heteroatoms. The molecule has 0 bridgehead atoms. The Morgan fingerprint density at radius 3 is 1.06 bits per heavy atom. The number of aryl methyl sites for hydroxylation is 1. The normalized spacial score (nSPS) is 10.5. The van der Waals surface area contributed by atoms with Crippen LogP contribution in [-0.2, 0) is 28.8 Å². The Morgan fingerprint density at radius 1 is 0.288 bits per heavy atom. The van der Waals surface area contributed by atoms with Gasteiger partial charge in [-0.15, -0.1) is 68.0 Å². The number of aromatic nitrogens is 6. The van der Waals surface area contributed by atoms with Gasteiger partial charge in [-0.05, 0) is 191 Å². The van der Waals surface area contributed by atoms with Crippen molar-refractivity contribution in [3.63, 3.8) is 0 Å². The first-order valence-corrected chi connectivity index (χ1v) is 43.5. The first-order chi connectivity index (χ1) is 60.5. The topological polar surface area (TPSA) is 235 Å². The summed E-state index contributed by atoms with van der Waals surface area (Å²) in [6.07, 6.45) is 4.55. The molecule has 18 aromatic rings. The van der Waals surface area contributed by atoms with Crippen LogP contribution in [0.15, 0.2) is 348 Å². The molecule has 0 unspecified atom stereocenters. The Hall–Kier alpha value is -14.2. The number of para-hydroxylation sites is 6. The number of fused-ring (bicyclic) bond motifs is 6. The van der Waals surface area contributed by atoms with Crippen LogP contribution in [0.3, 0.4) is 0 Å². The van der Waals surface area contributed by atoms with E-state index in [1.165, 1.54) is 22.7 Å². The number of esters is 6. The lowest BCUT2D eigenvalue weighted by atomic mass is 10.1. The maximum absolute atomic E-state index is 11.6. The van der Waals surface area contributed by atoms with Crippen molar-refractivity contribution >= 4 is 188 Å². The third kappa shape index (κ3) is 23.6. The first-order valence-electron chi connectivity index (χ1n) is 37.8. The van der Waals surface area contributed by atoms with E-state index in [2.05, 4.69) is 75.4 Å². The Bertz CT molecular complexity index is 6840. The lowest BCUT2D eigenvalue weighted by Gasteiger charge is -2.07. The summed E-state index contributed by atoms with van der Waals surface area (Å²) in [6, 6.07) is 85.4. The van der Waals surface area contributed by atoms with E-state index in [4.69, 9.17) is 51.6 Å². The van der Waals surface area contributed by atoms with Crippen molar-refractivity contribution < 1.29 is 57.2 Å². The van der Waals surface area contributed by atoms with Crippen LogP contribution in [0.4, 0.5) is 0 Å². The zero-order chi connectivity index (χ0) is 88.0. The Morgan fingerprint density at radius 2 is 0.616 bits per heavy atom. The third-order valence-electron chi connectivity index (χ3n) is 17.4. The van der Waals surface area contributed by atoms with Crippen LogP contribution in [0.1, 0.15) is 19.4 Å². The van der Waals surface area contributed by atoms with E-state index in [0.717, 1.165) is 149 Å². The van der Waals surface area contributed by atoms with Gasteiger partial charge in [0.05, 0.1) is 78.0 Å². The third-order valence-corrected chi connectivity index (χ3v) is 24.3. The predicted molar refractivity (Wildman–Crippen MR) is 509 cm³/mol. The highest BCUT2D eigenvalue weighted by Crippen LogP contribution is 2.42. The highest BCUT2D eigenvalue weighted by Gasteiger charge is 2.20. The molecule has 0 amide bonds. The lowest BCUT2D eigenvalue weighted by Crippen LogP contribution is -2.07. The van der Waals surface area contributed by atoms with Gasteiger partial charge in [-0.3, -0.25) is 0 Å². The summed E-state index contributed by atoms with van der Waals surface area (Å²) in [6.45, 7) is 26.0. The van der Waals surface area contributed by atoms with Gasteiger partial charge in [-0.25, -0.2) is 58.7 Å². The number of nitrogens with zero attached hydrogens (tertiary/aromatic N) is 6. The van der Waals surface area contributed by atoms with Crippen molar-refractivity contribution in [2.45, 2.75) is 20.8 Å². The minimum absolute atomic E-state index is 0.375. The molecule has 0 radical (unpaired) electrons. The van der Waals surface area contributed by atoms with Gasteiger partial charge in [0, 0.05) is 62.2 Å². The van der Waals surface area contributed by atoms with E-state index >= 15 is 0 Å². The molecule has 0 N–H and O–H groups in total. The van der Waals surface area contributed by atoms with Gasteiger partial charge in [0.15, 0.2) is 0 Å². The van der Waals surface area contributed by atoms with Crippen LogP contribution < -0.4 is 28.4 Å². The average Bonchev–Trinajstić information content (AvgIpc) is 1.54. The second kappa shape index (κ2) is 42.1. The number of hydrogen-bond donors (Lipinski definition) is 0. The molecule has 0 spiro atoms. The molecule has 0 saturated heterocycles. The van der Waals surface area contributed by atoms with E-state index in [-0.39, 0.29) is 0 Å². The van der Waals surface area contributed by atoms with Crippen molar-refractivity contribution in [2.24, 2.45) is 0 Å². The van der Waals surface area contributed by atoms with Gasteiger partial charge in [0.2, 0.25) is 0 Å². The molecule has 0 fully saturated rings. The molecule has 0 aliphatic carbocycles. The summed E-state index contributed by atoms with van der Waals surface area (Å²) in [7, 11) is 0. The number of carbonyl (C=O) groups excluding carboxylic acids is 6. The SMILES string of the molecule is C=C(C)C(=O)Oc1ccc(-c2nc3ccccc3s2)cc1.C=C(C)C(=O)Oc1cccc(-c2nc3ccccc3s2)c1.C=CC(=O)Oc1ccc(C)cc1-c1nc2ccccc2s1.C=CC(=O)Oc1ccc(Cl)cc1-c1nc2ccccc2s1.C=CC(=O)Oc1cccc(-c2nc3ccccc3s2)c1.C=CC(=O)Oc1ccccc1-c1nc2cc(Cl)ccc2s1. The quantitative estimate of drug-likeness (QED) is 0.0441. The molecule has 6 aromatic heterocycles. The molecule has 18 rings (SSSR count). The Labute approximate surface area is 751 Å². The van der Waals surface area contributed by atoms with Gasteiger partial charge in [0.1, 0.15) is 64.5 Å². The fraction of sp³-hybridized carbons (Fsp3) is 0.0303. The smallest absolute Gasteiger partial charge is 0.338 e. The summed E-state index contributed by atoms with van der Waals surface area (Å²) in [5, 5.41) is 6.34. The highest BCUT2D eigenvalue weighted by molar-refractivity contribution is 7.23. The van der Waals surface area contributed by atoms with Gasteiger partial charge in [-0.1, -0.05) is 171 Å². The number of halogens is 2. The standard InChI is InChI=1S/3C17H13NO2S.2C16H10ClNO2S.C16H11NO2S/c1-11(2)17(19)20-13-7-5-6-12(10-13)16-18-14-8-3-4-9-15(14)21-16;1-11(2)17(19)20-13-9-7-12(8-10-13)16-18-14-5-3-4-6-15(14)21-16;1-3-16(19)20-14-9-8-11(2)10-12(14)17-18-13-6-4-5-7-15(13)21-17;1-2-15(19)20-13-8-7-10(17)9-11(13)16-18-12-5-3-4-6-14(12)21-16;1-2-15(19)20-13-6-4-3-5-11(13)16-18-12-9-10(17)7-8-14(12)21-16;1-2-15(18)19-12-7-5-6-11(10-12)16-17-13-8-3-4-9-14(13)20-16/h3*3-10H,1H2,2H3;2*2-9H,1H2;2-10H,1H2. The second-order valence-corrected chi connectivity index (χ2v) is 33.7. The Kier molecular flexibility index (Phi) is 29.8. The number of benzene rings is 12. The van der Waals surface area contributed by atoms with Crippen LogP contribution >= 0.6 is 91.2 Å². The summed E-state index contributed by atoms with van der Waals surface area (Å²) in [5.74, 6) is 0.109. The van der Waals surface area contributed by atoms with Gasteiger partial charge < -0.3 is 28.4 Å². The van der Waals surface area contributed by atoms with Crippen LogP contribution in [0.2, 0.25) is 10.0 Å². The summed E-state index contributed by atoms with van der Waals surface area (Å²) >= 11 is 21.5. The molecule has 618 valence electrons. The molecule has 125 heavy (non-hydrogen) atoms. The van der Waals surface area contributed by atoms with Crippen LogP contribution in [0.25, 0.3) is 125 Å². The number of ether oxygens (including phenoxy) is 6. The number of rotatable bonds is 18. The summed E-state index contributed by atoms with van der Waals surface area (Å²) in [4.78, 5) is 96.1. The molecule has 0 atom stereocenters. The van der Waals surface area contributed by atoms with Crippen LogP contribution in [-0.4, -0.2) is 65.7 Å². The van der Waals surface area contributed by atoms with Gasteiger partial charge in [-0.2, -0.15) is 0 Å². The van der Waals surface area contributed by atoms with Crippen molar-refractivity contribution in [1.82, 2.24) is 29.9 Å². The van der Waals surface area contributed by atoms with Crippen molar-refractivity contribution in [3.8, 4) is 97.9 Å². The average molecular weight is 1800 g/mol. The van der Waals surface area contributed by atoms with Crippen molar-refractivity contribution in [3.05, 3.63) is 364 Å². The summed E-state index contributed by atoms with van der Waals surface area (Å²) < 4.78 is 38.0. The fourth-order valence-electron chi connectivity index (χ4n) is 11.4. The molecule has 6 heterocycles. The first kappa shape index (κ1) is 88.6. The molecular formula is C99H70Cl2N6O12S6. The maximum Gasteiger partial charge on any atom is 0.338 e. The monoisotopic (exact) mass is 1800 g/mol. The van der Waals surface area contributed by atoms with Crippen molar-refractivity contribution in [2.75, 3.05) is 0 Å². The van der Waals surface area contributed by atoms with E-state index < -0.39 is 35.8 Å². The Balaban J connectivity index is 0.000000129. The van der Waals surface area contributed by atoms with Gasteiger partial charge in [0.25, 0.3) is 0 Å². The lowest BCUT2D eigenvalue weighted by molar-refractivity contribution is -0.130. The maximum atomic E-state index is 11.6. The fourth-order valence-corrected chi connectivity index (χ4v) is 17.6. The van der Waals surface area contributed by atoms with E-state index in [1.54, 1.807) is 126 Å². The molecule has 18 nitrogen and oxygen atoms in total. The molecule has 0 saturated carbocycles. The van der Waals surface area contributed by atoms with Crippen molar-refractivity contribution in [1.29, 1.82) is 0 Å². The minimum atomic E-state index is -0.514. The van der Waals surface area contributed by atoms with E-state index in [9.17, 15) is 28.8 Å². The summed E-state index contributed by atoms with van der Waals surface area (Å²) in [5.41, 5.74) is 12.6. The molecule has 0 aliphatic heterocycles.